The Morgan fingerprint density at radius 3 is 2.57 bits per heavy atom. The van der Waals surface area contributed by atoms with Crippen LogP contribution in [0.15, 0.2) is 0 Å². The topological polar surface area (TPSA) is 58.6 Å². The Morgan fingerprint density at radius 1 is 1.50 bits per heavy atom. The molecule has 0 saturated heterocycles. The van der Waals surface area contributed by atoms with Gasteiger partial charge >= 0.3 is 5.97 Å². The summed E-state index contributed by atoms with van der Waals surface area (Å²) in [5.41, 5.74) is -0.789. The molecule has 0 aliphatic carbocycles. The minimum atomic E-state index is -0.789. The van der Waals surface area contributed by atoms with Crippen molar-refractivity contribution < 1.29 is 14.6 Å². The van der Waals surface area contributed by atoms with Crippen LogP contribution in [0.25, 0.3) is 0 Å². The van der Waals surface area contributed by atoms with Crippen LogP contribution in [-0.4, -0.2) is 36.9 Å². The fourth-order valence-electron chi connectivity index (χ4n) is 1.39. The zero-order valence-corrected chi connectivity index (χ0v) is 9.30. The van der Waals surface area contributed by atoms with Gasteiger partial charge in [0, 0.05) is 13.7 Å². The van der Waals surface area contributed by atoms with Crippen molar-refractivity contribution in [1.29, 1.82) is 0 Å². The Bertz CT molecular complexity index is 173. The molecule has 0 aliphatic heterocycles. The largest absolute Gasteiger partial charge is 0.480 e. The van der Waals surface area contributed by atoms with E-state index in [1.165, 1.54) is 0 Å². The van der Waals surface area contributed by atoms with Gasteiger partial charge in [-0.05, 0) is 32.7 Å². The first-order valence-corrected chi connectivity index (χ1v) is 5.04. The van der Waals surface area contributed by atoms with Crippen LogP contribution in [-0.2, 0) is 9.53 Å². The number of aliphatic carboxylic acids is 1. The Balaban J connectivity index is 3.90. The maximum atomic E-state index is 11.0. The molecule has 0 rings (SSSR count). The van der Waals surface area contributed by atoms with Crippen LogP contribution in [0.1, 0.15) is 33.1 Å². The molecule has 2 N–H and O–H groups in total. The highest BCUT2D eigenvalue weighted by Crippen LogP contribution is 2.14. The lowest BCUT2D eigenvalue weighted by atomic mass is 9.95. The average molecular weight is 203 g/mol. The predicted octanol–water partition coefficient (Wildman–Crippen LogP) is 1.26. The molecule has 0 aromatic heterocycles. The van der Waals surface area contributed by atoms with Gasteiger partial charge in [-0.2, -0.15) is 0 Å². The zero-order chi connectivity index (χ0) is 11.0. The number of carboxylic acids is 1. The van der Waals surface area contributed by atoms with Crippen LogP contribution in [0, 0.1) is 0 Å². The summed E-state index contributed by atoms with van der Waals surface area (Å²) in [6.45, 7) is 5.01. The maximum absolute atomic E-state index is 11.0. The Labute approximate surface area is 85.6 Å². The Morgan fingerprint density at radius 2 is 2.14 bits per heavy atom. The van der Waals surface area contributed by atoms with Crippen molar-refractivity contribution in [3.05, 3.63) is 0 Å². The molecule has 4 heteroatoms. The summed E-state index contributed by atoms with van der Waals surface area (Å²) in [5, 5.41) is 12.0. The number of carboxylic acid groups (broad SMARTS) is 1. The van der Waals surface area contributed by atoms with E-state index in [0.29, 0.717) is 19.6 Å². The molecule has 0 spiro atoms. The number of unbranched alkanes of at least 4 members (excludes halogenated alkanes) is 1. The van der Waals surface area contributed by atoms with E-state index in [0.717, 1.165) is 12.8 Å². The van der Waals surface area contributed by atoms with E-state index in [2.05, 4.69) is 5.32 Å². The lowest BCUT2D eigenvalue weighted by molar-refractivity contribution is -0.144. The first-order valence-electron chi connectivity index (χ1n) is 5.04. The Hall–Kier alpha value is -0.610. The van der Waals surface area contributed by atoms with Gasteiger partial charge in [0.15, 0.2) is 0 Å². The number of methoxy groups -OCH3 is 1. The van der Waals surface area contributed by atoms with Gasteiger partial charge in [-0.3, -0.25) is 4.79 Å². The molecule has 0 heterocycles. The van der Waals surface area contributed by atoms with Crippen LogP contribution >= 0.6 is 0 Å². The van der Waals surface area contributed by atoms with Crippen LogP contribution in [0.4, 0.5) is 0 Å². The fourth-order valence-corrected chi connectivity index (χ4v) is 1.39. The van der Waals surface area contributed by atoms with Gasteiger partial charge in [-0.1, -0.05) is 6.92 Å². The van der Waals surface area contributed by atoms with Crippen LogP contribution in [0.5, 0.6) is 0 Å². The van der Waals surface area contributed by atoms with E-state index in [1.54, 1.807) is 14.0 Å². The number of hydrogen-bond acceptors (Lipinski definition) is 3. The van der Waals surface area contributed by atoms with Crippen LogP contribution in [0.3, 0.4) is 0 Å². The van der Waals surface area contributed by atoms with Crippen molar-refractivity contribution in [1.82, 2.24) is 5.32 Å². The van der Waals surface area contributed by atoms with Crippen molar-refractivity contribution in [3.8, 4) is 0 Å². The lowest BCUT2D eigenvalue weighted by Gasteiger charge is -2.25. The van der Waals surface area contributed by atoms with Crippen molar-refractivity contribution in [3.63, 3.8) is 0 Å². The average Bonchev–Trinajstić information content (AvgIpc) is 2.13. The van der Waals surface area contributed by atoms with E-state index in [4.69, 9.17) is 9.84 Å². The summed E-state index contributed by atoms with van der Waals surface area (Å²) in [7, 11) is 1.65. The second-order valence-electron chi connectivity index (χ2n) is 3.62. The molecule has 0 aromatic rings. The second-order valence-corrected chi connectivity index (χ2v) is 3.62. The highest BCUT2D eigenvalue weighted by Gasteiger charge is 2.30. The second kappa shape index (κ2) is 6.79. The van der Waals surface area contributed by atoms with Crippen molar-refractivity contribution in [2.45, 2.75) is 38.6 Å². The van der Waals surface area contributed by atoms with Gasteiger partial charge in [-0.25, -0.2) is 0 Å². The molecule has 0 fully saturated rings. The summed E-state index contributed by atoms with van der Waals surface area (Å²) in [6, 6.07) is 0. The van der Waals surface area contributed by atoms with Gasteiger partial charge in [0.1, 0.15) is 5.54 Å². The molecule has 0 bridgehead atoms. The number of carbonyl (C=O) groups is 1. The highest BCUT2D eigenvalue weighted by molar-refractivity contribution is 5.78. The third kappa shape index (κ3) is 4.58. The van der Waals surface area contributed by atoms with Crippen LogP contribution < -0.4 is 5.32 Å². The molecule has 14 heavy (non-hydrogen) atoms. The molecule has 0 saturated carbocycles. The SMILES string of the molecule is CCNC(C)(CCCCOC)C(=O)O. The summed E-state index contributed by atoms with van der Waals surface area (Å²) < 4.78 is 4.91. The first-order chi connectivity index (χ1) is 6.56. The number of nitrogens with one attached hydrogen (secondary N) is 1. The van der Waals surface area contributed by atoms with Gasteiger partial charge in [0.25, 0.3) is 0 Å². The molecule has 0 aliphatic rings. The normalized spacial score (nSPS) is 15.1. The minimum absolute atomic E-state index is 0.638. The van der Waals surface area contributed by atoms with E-state index < -0.39 is 11.5 Å². The van der Waals surface area contributed by atoms with E-state index in [1.807, 2.05) is 6.92 Å². The van der Waals surface area contributed by atoms with Crippen LogP contribution in [0.2, 0.25) is 0 Å². The quantitative estimate of drug-likeness (QED) is 0.583. The van der Waals surface area contributed by atoms with Gasteiger partial charge in [-0.15, -0.1) is 0 Å². The number of ether oxygens (including phenoxy) is 1. The highest BCUT2D eigenvalue weighted by atomic mass is 16.5. The standard InChI is InChI=1S/C10H21NO3/c1-4-11-10(2,9(12)13)7-5-6-8-14-3/h11H,4-8H2,1-3H3,(H,12,13). The van der Waals surface area contributed by atoms with Gasteiger partial charge in [0.05, 0.1) is 0 Å². The number of hydrogen-bond donors (Lipinski definition) is 2. The van der Waals surface area contributed by atoms with E-state index in [9.17, 15) is 4.79 Å². The fraction of sp³-hybridized carbons (Fsp3) is 0.900. The summed E-state index contributed by atoms with van der Waals surface area (Å²) in [6.07, 6.45) is 2.41. The summed E-state index contributed by atoms with van der Waals surface area (Å²) in [4.78, 5) is 11.0. The van der Waals surface area contributed by atoms with Crippen molar-refractivity contribution >= 4 is 5.97 Å². The molecule has 4 nitrogen and oxygen atoms in total. The monoisotopic (exact) mass is 203 g/mol. The Kier molecular flexibility index (Phi) is 6.49. The molecular weight excluding hydrogens is 182 g/mol. The molecule has 0 radical (unpaired) electrons. The van der Waals surface area contributed by atoms with E-state index in [-0.39, 0.29) is 0 Å². The lowest BCUT2D eigenvalue weighted by Crippen LogP contribution is -2.49. The molecular formula is C10H21NO3. The molecule has 0 amide bonds. The van der Waals surface area contributed by atoms with Gasteiger partial charge < -0.3 is 15.2 Å². The third-order valence-electron chi connectivity index (χ3n) is 2.31. The minimum Gasteiger partial charge on any atom is -0.480 e. The van der Waals surface area contributed by atoms with Crippen molar-refractivity contribution in [2.75, 3.05) is 20.3 Å². The predicted molar refractivity (Wildman–Crippen MR) is 55.4 cm³/mol. The van der Waals surface area contributed by atoms with Gasteiger partial charge in [0.2, 0.25) is 0 Å². The molecule has 1 atom stereocenters. The van der Waals surface area contributed by atoms with Crippen molar-refractivity contribution in [2.24, 2.45) is 0 Å². The summed E-state index contributed by atoms with van der Waals surface area (Å²) in [5.74, 6) is -0.781. The molecule has 84 valence electrons. The number of rotatable bonds is 8. The molecule has 1 unspecified atom stereocenters. The maximum Gasteiger partial charge on any atom is 0.323 e. The summed E-state index contributed by atoms with van der Waals surface area (Å²) >= 11 is 0. The van der Waals surface area contributed by atoms with E-state index >= 15 is 0 Å². The zero-order valence-electron chi connectivity index (χ0n) is 9.30. The third-order valence-corrected chi connectivity index (χ3v) is 2.31. The smallest absolute Gasteiger partial charge is 0.323 e. The first kappa shape index (κ1) is 13.4. The molecule has 0 aromatic carbocycles. The number of likely N-dealkylation sites (N-methyl/N-ethyl adjacent to an activating group) is 1.